The molecular weight excluding hydrogens is 176 g/mol. The topological polar surface area (TPSA) is 41.1 Å². The van der Waals surface area contributed by atoms with Crippen molar-refractivity contribution < 1.29 is 4.79 Å². The monoisotopic (exact) mass is 200 g/mol. The van der Waals surface area contributed by atoms with Crippen LogP contribution in [0.3, 0.4) is 0 Å². The Balaban J connectivity index is 3.32. The Morgan fingerprint density at radius 3 is 2.36 bits per heavy atom. The molecule has 14 heavy (non-hydrogen) atoms. The van der Waals surface area contributed by atoms with Crippen molar-refractivity contribution in [3.63, 3.8) is 0 Å². The first-order chi connectivity index (χ1) is 6.45. The van der Waals surface area contributed by atoms with Gasteiger partial charge in [0.1, 0.15) is 0 Å². The number of nitrogens with one attached hydrogen (secondary N) is 2. The van der Waals surface area contributed by atoms with Gasteiger partial charge in [-0.1, -0.05) is 13.3 Å². The zero-order valence-corrected chi connectivity index (χ0v) is 9.94. The minimum absolute atomic E-state index is 0.133. The summed E-state index contributed by atoms with van der Waals surface area (Å²) in [6.45, 7) is 10.00. The number of carbonyl (C=O) groups is 1. The number of amides is 1. The van der Waals surface area contributed by atoms with Crippen molar-refractivity contribution in [1.29, 1.82) is 0 Å². The zero-order valence-electron chi connectivity index (χ0n) is 9.94. The number of hydrogen-bond acceptors (Lipinski definition) is 2. The van der Waals surface area contributed by atoms with Crippen LogP contribution in [0.1, 0.15) is 47.0 Å². The molecule has 0 rings (SSSR count). The summed E-state index contributed by atoms with van der Waals surface area (Å²) in [5.41, 5.74) is 0.133. The van der Waals surface area contributed by atoms with Crippen LogP contribution in [0.25, 0.3) is 0 Å². The van der Waals surface area contributed by atoms with Crippen molar-refractivity contribution in [2.45, 2.75) is 52.5 Å². The molecule has 3 heteroatoms. The van der Waals surface area contributed by atoms with Gasteiger partial charge in [-0.05, 0) is 27.2 Å². The molecule has 0 aliphatic heterocycles. The second-order valence-corrected chi connectivity index (χ2v) is 4.63. The molecule has 0 unspecified atom stereocenters. The summed E-state index contributed by atoms with van der Waals surface area (Å²) in [4.78, 5) is 11.2. The lowest BCUT2D eigenvalue weighted by Gasteiger charge is -2.20. The Labute approximate surface area is 87.6 Å². The van der Waals surface area contributed by atoms with Crippen molar-refractivity contribution >= 4 is 5.91 Å². The molecule has 0 aromatic rings. The van der Waals surface area contributed by atoms with Gasteiger partial charge in [0, 0.05) is 25.0 Å². The SMILES string of the molecule is CCCCC(=O)NCCNC(C)(C)C. The molecule has 0 bridgehead atoms. The Morgan fingerprint density at radius 2 is 1.86 bits per heavy atom. The van der Waals surface area contributed by atoms with Gasteiger partial charge < -0.3 is 10.6 Å². The van der Waals surface area contributed by atoms with E-state index in [4.69, 9.17) is 0 Å². The standard InChI is InChI=1S/C11H24N2O/c1-5-6-7-10(14)12-8-9-13-11(2,3)4/h13H,5-9H2,1-4H3,(H,12,14). The van der Waals surface area contributed by atoms with Gasteiger partial charge >= 0.3 is 0 Å². The molecule has 0 heterocycles. The Hall–Kier alpha value is -0.570. The van der Waals surface area contributed by atoms with Crippen LogP contribution in [0.5, 0.6) is 0 Å². The average molecular weight is 200 g/mol. The Morgan fingerprint density at radius 1 is 1.21 bits per heavy atom. The molecule has 3 nitrogen and oxygen atoms in total. The molecule has 0 fully saturated rings. The number of hydrogen-bond donors (Lipinski definition) is 2. The first kappa shape index (κ1) is 13.4. The Bertz CT molecular complexity index is 161. The number of unbranched alkanes of at least 4 members (excludes halogenated alkanes) is 1. The van der Waals surface area contributed by atoms with Crippen molar-refractivity contribution in [2.75, 3.05) is 13.1 Å². The summed E-state index contributed by atoms with van der Waals surface area (Å²) in [5, 5.41) is 6.21. The van der Waals surface area contributed by atoms with Crippen LogP contribution in [0, 0.1) is 0 Å². The fraction of sp³-hybridized carbons (Fsp3) is 0.909. The fourth-order valence-corrected chi connectivity index (χ4v) is 1.07. The predicted molar refractivity (Wildman–Crippen MR) is 60.3 cm³/mol. The highest BCUT2D eigenvalue weighted by Gasteiger charge is 2.07. The maximum Gasteiger partial charge on any atom is 0.220 e. The van der Waals surface area contributed by atoms with E-state index in [0.717, 1.165) is 25.9 Å². The molecule has 0 aliphatic carbocycles. The quantitative estimate of drug-likeness (QED) is 0.641. The van der Waals surface area contributed by atoms with E-state index >= 15 is 0 Å². The zero-order chi connectivity index (χ0) is 11.0. The molecule has 0 spiro atoms. The lowest BCUT2D eigenvalue weighted by atomic mass is 10.1. The van der Waals surface area contributed by atoms with Crippen LogP contribution >= 0.6 is 0 Å². The van der Waals surface area contributed by atoms with Gasteiger partial charge in [0.2, 0.25) is 5.91 Å². The third-order valence-corrected chi connectivity index (χ3v) is 1.86. The minimum Gasteiger partial charge on any atom is -0.355 e. The predicted octanol–water partition coefficient (Wildman–Crippen LogP) is 1.68. The van der Waals surface area contributed by atoms with Crippen LogP contribution in [-0.4, -0.2) is 24.5 Å². The van der Waals surface area contributed by atoms with E-state index in [-0.39, 0.29) is 11.4 Å². The molecule has 0 saturated heterocycles. The number of carbonyl (C=O) groups excluding carboxylic acids is 1. The second kappa shape index (κ2) is 6.82. The van der Waals surface area contributed by atoms with Crippen molar-refractivity contribution in [1.82, 2.24) is 10.6 Å². The molecule has 2 N–H and O–H groups in total. The molecule has 0 radical (unpaired) electrons. The summed E-state index contributed by atoms with van der Waals surface area (Å²) in [6.07, 6.45) is 2.72. The van der Waals surface area contributed by atoms with Crippen LogP contribution in [0.15, 0.2) is 0 Å². The first-order valence-electron chi connectivity index (χ1n) is 5.47. The van der Waals surface area contributed by atoms with Crippen molar-refractivity contribution in [3.05, 3.63) is 0 Å². The molecule has 0 aromatic carbocycles. The lowest BCUT2D eigenvalue weighted by Crippen LogP contribution is -2.41. The smallest absolute Gasteiger partial charge is 0.220 e. The van der Waals surface area contributed by atoms with E-state index in [1.165, 1.54) is 0 Å². The first-order valence-corrected chi connectivity index (χ1v) is 5.47. The highest BCUT2D eigenvalue weighted by Crippen LogP contribution is 1.96. The largest absolute Gasteiger partial charge is 0.355 e. The summed E-state index contributed by atoms with van der Waals surface area (Å²) < 4.78 is 0. The van der Waals surface area contributed by atoms with E-state index in [1.807, 2.05) is 0 Å². The molecule has 0 aromatic heterocycles. The molecule has 0 aliphatic rings. The van der Waals surface area contributed by atoms with E-state index < -0.39 is 0 Å². The summed E-state index contributed by atoms with van der Waals surface area (Å²) in [5.74, 6) is 0.169. The van der Waals surface area contributed by atoms with Gasteiger partial charge in [-0.2, -0.15) is 0 Å². The summed E-state index contributed by atoms with van der Waals surface area (Å²) >= 11 is 0. The normalized spacial score (nSPS) is 11.4. The van der Waals surface area contributed by atoms with E-state index in [1.54, 1.807) is 0 Å². The van der Waals surface area contributed by atoms with E-state index in [2.05, 4.69) is 38.3 Å². The maximum atomic E-state index is 11.2. The second-order valence-electron chi connectivity index (χ2n) is 4.63. The molecular formula is C11H24N2O. The van der Waals surface area contributed by atoms with E-state index in [9.17, 15) is 4.79 Å². The third-order valence-electron chi connectivity index (χ3n) is 1.86. The Kier molecular flexibility index (Phi) is 6.54. The molecule has 84 valence electrons. The van der Waals surface area contributed by atoms with E-state index in [0.29, 0.717) is 6.42 Å². The van der Waals surface area contributed by atoms with Crippen LogP contribution < -0.4 is 10.6 Å². The summed E-state index contributed by atoms with van der Waals surface area (Å²) in [6, 6.07) is 0. The van der Waals surface area contributed by atoms with Gasteiger partial charge in [-0.3, -0.25) is 4.79 Å². The highest BCUT2D eigenvalue weighted by atomic mass is 16.1. The van der Waals surface area contributed by atoms with Crippen molar-refractivity contribution in [2.24, 2.45) is 0 Å². The van der Waals surface area contributed by atoms with Gasteiger partial charge in [0.25, 0.3) is 0 Å². The maximum absolute atomic E-state index is 11.2. The molecule has 0 atom stereocenters. The van der Waals surface area contributed by atoms with Crippen LogP contribution in [-0.2, 0) is 4.79 Å². The molecule has 0 saturated carbocycles. The van der Waals surface area contributed by atoms with Crippen molar-refractivity contribution in [3.8, 4) is 0 Å². The van der Waals surface area contributed by atoms with Gasteiger partial charge in [-0.15, -0.1) is 0 Å². The minimum atomic E-state index is 0.133. The van der Waals surface area contributed by atoms with Crippen LogP contribution in [0.4, 0.5) is 0 Å². The van der Waals surface area contributed by atoms with Gasteiger partial charge in [-0.25, -0.2) is 0 Å². The summed E-state index contributed by atoms with van der Waals surface area (Å²) in [7, 11) is 0. The average Bonchev–Trinajstić information content (AvgIpc) is 2.07. The fourth-order valence-electron chi connectivity index (χ4n) is 1.07. The lowest BCUT2D eigenvalue weighted by molar-refractivity contribution is -0.121. The van der Waals surface area contributed by atoms with Gasteiger partial charge in [0.05, 0.1) is 0 Å². The highest BCUT2D eigenvalue weighted by molar-refractivity contribution is 5.75. The third kappa shape index (κ3) is 9.52. The number of rotatable bonds is 6. The van der Waals surface area contributed by atoms with Gasteiger partial charge in [0.15, 0.2) is 0 Å². The van der Waals surface area contributed by atoms with Crippen LogP contribution in [0.2, 0.25) is 0 Å². The molecule has 1 amide bonds.